The zero-order valence-corrected chi connectivity index (χ0v) is 19.8. The molecule has 1 aliphatic rings. The van der Waals surface area contributed by atoms with E-state index in [2.05, 4.69) is 6.07 Å². The van der Waals surface area contributed by atoms with Gasteiger partial charge in [-0.05, 0) is 55.0 Å². The number of rotatable bonds is 7. The molecule has 0 saturated heterocycles. The van der Waals surface area contributed by atoms with Gasteiger partial charge in [-0.2, -0.15) is 5.26 Å². The van der Waals surface area contributed by atoms with Gasteiger partial charge in [0.2, 0.25) is 5.88 Å². The largest absolute Gasteiger partial charge is 0.493 e. The van der Waals surface area contributed by atoms with Crippen molar-refractivity contribution in [2.45, 2.75) is 18.9 Å². The van der Waals surface area contributed by atoms with Gasteiger partial charge in [0, 0.05) is 11.6 Å². The molecular weight excluding hydrogens is 467 g/mol. The summed E-state index contributed by atoms with van der Waals surface area (Å²) in [6.45, 7) is 1.52. The highest BCUT2D eigenvalue weighted by Gasteiger charge is 2.32. The standard InChI is InChI=1S/C27H23FN2O6/c1-15(34-18-7-5-17(28)6-8-18)27(31)35-19-9-10-20-23(13-19)36-26(30)21(14-29)25(20)16-4-11-22(32-2)24(12-16)33-3/h4-13,15,25H,30H2,1-3H3. The molecule has 8 nitrogen and oxygen atoms in total. The lowest BCUT2D eigenvalue weighted by molar-refractivity contribution is -0.141. The van der Waals surface area contributed by atoms with Crippen molar-refractivity contribution in [3.8, 4) is 34.8 Å². The Kier molecular flexibility index (Phi) is 6.97. The summed E-state index contributed by atoms with van der Waals surface area (Å²) in [5.74, 6) is 0.248. The maximum Gasteiger partial charge on any atom is 0.352 e. The summed E-state index contributed by atoms with van der Waals surface area (Å²) in [6, 6.07) is 17.6. The summed E-state index contributed by atoms with van der Waals surface area (Å²) in [5, 5.41) is 9.79. The number of ether oxygens (including phenoxy) is 5. The number of halogens is 1. The van der Waals surface area contributed by atoms with Crippen molar-refractivity contribution >= 4 is 5.97 Å². The van der Waals surface area contributed by atoms with Crippen LogP contribution in [0, 0.1) is 17.1 Å². The van der Waals surface area contributed by atoms with E-state index in [0.717, 1.165) is 5.56 Å². The van der Waals surface area contributed by atoms with Crippen molar-refractivity contribution in [1.29, 1.82) is 5.26 Å². The average Bonchev–Trinajstić information content (AvgIpc) is 2.88. The van der Waals surface area contributed by atoms with Crippen LogP contribution in [0.25, 0.3) is 0 Å². The number of esters is 1. The number of nitrogens with zero attached hydrogens (tertiary/aromatic N) is 1. The van der Waals surface area contributed by atoms with E-state index >= 15 is 0 Å². The molecule has 1 heterocycles. The predicted octanol–water partition coefficient (Wildman–Crippen LogP) is 4.43. The van der Waals surface area contributed by atoms with Crippen LogP contribution in [0.2, 0.25) is 0 Å². The van der Waals surface area contributed by atoms with Gasteiger partial charge in [-0.1, -0.05) is 12.1 Å². The molecule has 3 aromatic rings. The first-order valence-electron chi connectivity index (χ1n) is 10.9. The number of carbonyl (C=O) groups excluding carboxylic acids is 1. The second-order valence-electron chi connectivity index (χ2n) is 7.87. The minimum Gasteiger partial charge on any atom is -0.493 e. The van der Waals surface area contributed by atoms with E-state index in [1.165, 1.54) is 51.5 Å². The fourth-order valence-corrected chi connectivity index (χ4v) is 3.84. The number of benzene rings is 3. The number of nitriles is 1. The summed E-state index contributed by atoms with van der Waals surface area (Å²) < 4.78 is 40.5. The van der Waals surface area contributed by atoms with Gasteiger partial charge in [-0.3, -0.25) is 0 Å². The fourth-order valence-electron chi connectivity index (χ4n) is 3.84. The minimum absolute atomic E-state index is 0.0544. The molecule has 0 saturated carbocycles. The summed E-state index contributed by atoms with van der Waals surface area (Å²) >= 11 is 0. The highest BCUT2D eigenvalue weighted by molar-refractivity contribution is 5.77. The number of methoxy groups -OCH3 is 2. The van der Waals surface area contributed by atoms with Crippen LogP contribution < -0.4 is 29.4 Å². The van der Waals surface area contributed by atoms with Crippen LogP contribution in [0.3, 0.4) is 0 Å². The Balaban J connectivity index is 1.60. The smallest absolute Gasteiger partial charge is 0.352 e. The third-order valence-electron chi connectivity index (χ3n) is 5.61. The first-order chi connectivity index (χ1) is 17.3. The zero-order valence-electron chi connectivity index (χ0n) is 19.8. The fraction of sp³-hybridized carbons (Fsp3) is 0.185. The highest BCUT2D eigenvalue weighted by Crippen LogP contribution is 2.45. The van der Waals surface area contributed by atoms with Crippen molar-refractivity contribution < 1.29 is 32.9 Å². The van der Waals surface area contributed by atoms with Crippen LogP contribution in [0.15, 0.2) is 72.1 Å². The molecule has 0 fully saturated rings. The van der Waals surface area contributed by atoms with Crippen molar-refractivity contribution in [1.82, 2.24) is 0 Å². The molecule has 0 aliphatic carbocycles. The van der Waals surface area contributed by atoms with Crippen LogP contribution in [-0.2, 0) is 4.79 Å². The number of fused-ring (bicyclic) bond motifs is 1. The Bertz CT molecular complexity index is 1360. The van der Waals surface area contributed by atoms with E-state index < -0.39 is 23.8 Å². The molecule has 36 heavy (non-hydrogen) atoms. The quantitative estimate of drug-likeness (QED) is 0.382. The van der Waals surface area contributed by atoms with E-state index in [-0.39, 0.29) is 17.2 Å². The van der Waals surface area contributed by atoms with Crippen LogP contribution >= 0.6 is 0 Å². The predicted molar refractivity (Wildman–Crippen MR) is 127 cm³/mol. The molecule has 0 spiro atoms. The van der Waals surface area contributed by atoms with Gasteiger partial charge < -0.3 is 29.4 Å². The lowest BCUT2D eigenvalue weighted by Crippen LogP contribution is -2.28. The zero-order chi connectivity index (χ0) is 25.8. The molecule has 0 aromatic heterocycles. The number of nitrogens with two attached hydrogens (primary N) is 1. The third kappa shape index (κ3) is 4.88. The Hall–Kier alpha value is -4.71. The number of hydrogen-bond acceptors (Lipinski definition) is 8. The van der Waals surface area contributed by atoms with Gasteiger partial charge in [0.15, 0.2) is 17.6 Å². The molecule has 0 bridgehead atoms. The molecule has 4 rings (SSSR count). The maximum atomic E-state index is 13.1. The second kappa shape index (κ2) is 10.3. The Morgan fingerprint density at radius 2 is 1.72 bits per heavy atom. The van der Waals surface area contributed by atoms with Crippen LogP contribution in [0.1, 0.15) is 24.0 Å². The van der Waals surface area contributed by atoms with E-state index in [4.69, 9.17) is 29.4 Å². The molecule has 2 N–H and O–H groups in total. The topological polar surface area (TPSA) is 113 Å². The van der Waals surface area contributed by atoms with Crippen LogP contribution in [-0.4, -0.2) is 26.3 Å². The molecule has 1 aliphatic heterocycles. The number of hydrogen-bond donors (Lipinski definition) is 1. The Morgan fingerprint density at radius 3 is 2.39 bits per heavy atom. The molecule has 0 radical (unpaired) electrons. The second-order valence-corrected chi connectivity index (χ2v) is 7.87. The summed E-state index contributed by atoms with van der Waals surface area (Å²) in [4.78, 5) is 12.6. The van der Waals surface area contributed by atoms with Crippen molar-refractivity contribution in [2.75, 3.05) is 14.2 Å². The van der Waals surface area contributed by atoms with Crippen LogP contribution in [0.4, 0.5) is 4.39 Å². The Morgan fingerprint density at radius 1 is 1.03 bits per heavy atom. The SMILES string of the molecule is COc1ccc(C2C(C#N)=C(N)Oc3cc(OC(=O)C(C)Oc4ccc(F)cc4)ccc32)cc1OC. The highest BCUT2D eigenvalue weighted by atomic mass is 19.1. The van der Waals surface area contributed by atoms with Crippen molar-refractivity contribution in [3.05, 3.63) is 89.1 Å². The van der Waals surface area contributed by atoms with Gasteiger partial charge in [0.05, 0.1) is 20.1 Å². The lowest BCUT2D eigenvalue weighted by Gasteiger charge is -2.27. The van der Waals surface area contributed by atoms with Gasteiger partial charge in [-0.25, -0.2) is 9.18 Å². The monoisotopic (exact) mass is 490 g/mol. The molecule has 2 unspecified atom stereocenters. The molecular formula is C27H23FN2O6. The normalized spacial score (nSPS) is 15.1. The van der Waals surface area contributed by atoms with E-state index in [9.17, 15) is 14.4 Å². The lowest BCUT2D eigenvalue weighted by atomic mass is 9.83. The maximum absolute atomic E-state index is 13.1. The van der Waals surface area contributed by atoms with Crippen molar-refractivity contribution in [3.63, 3.8) is 0 Å². The van der Waals surface area contributed by atoms with Gasteiger partial charge in [-0.15, -0.1) is 0 Å². The first-order valence-corrected chi connectivity index (χ1v) is 10.9. The van der Waals surface area contributed by atoms with Gasteiger partial charge >= 0.3 is 5.97 Å². The Labute approximate surface area is 207 Å². The average molecular weight is 490 g/mol. The number of carbonyl (C=O) groups is 1. The molecule has 3 aromatic carbocycles. The van der Waals surface area contributed by atoms with E-state index in [1.807, 2.05) is 6.07 Å². The van der Waals surface area contributed by atoms with Crippen molar-refractivity contribution in [2.24, 2.45) is 5.73 Å². The minimum atomic E-state index is -0.956. The van der Waals surface area contributed by atoms with E-state index in [1.54, 1.807) is 24.3 Å². The molecule has 0 amide bonds. The molecule has 2 atom stereocenters. The summed E-state index contributed by atoms with van der Waals surface area (Å²) in [5.41, 5.74) is 7.71. The number of allylic oxidation sites excluding steroid dienone is 1. The molecule has 9 heteroatoms. The van der Waals surface area contributed by atoms with E-state index in [0.29, 0.717) is 28.6 Å². The van der Waals surface area contributed by atoms with Gasteiger partial charge in [0.25, 0.3) is 0 Å². The summed E-state index contributed by atoms with van der Waals surface area (Å²) in [7, 11) is 3.06. The molecule has 184 valence electrons. The summed E-state index contributed by atoms with van der Waals surface area (Å²) in [6.07, 6.45) is -0.956. The first kappa shape index (κ1) is 24.4. The van der Waals surface area contributed by atoms with Crippen LogP contribution in [0.5, 0.6) is 28.7 Å². The third-order valence-corrected chi connectivity index (χ3v) is 5.61. The van der Waals surface area contributed by atoms with Gasteiger partial charge in [0.1, 0.15) is 34.7 Å².